The number of nitrogens with zero attached hydrogens (tertiary/aromatic N) is 4. The van der Waals surface area contributed by atoms with E-state index in [4.69, 9.17) is 0 Å². The van der Waals surface area contributed by atoms with Crippen molar-refractivity contribution in [2.24, 2.45) is 0 Å². The van der Waals surface area contributed by atoms with Crippen LogP contribution in [0.1, 0.15) is 0 Å². The lowest BCUT2D eigenvalue weighted by Crippen LogP contribution is -2.33. The third kappa shape index (κ3) is 1.57. The Morgan fingerprint density at radius 3 is 3.06 bits per heavy atom. The second-order valence-corrected chi connectivity index (χ2v) is 5.19. The summed E-state index contributed by atoms with van der Waals surface area (Å²) in [6.45, 7) is 0. The highest BCUT2D eigenvalue weighted by Gasteiger charge is 2.15. The van der Waals surface area contributed by atoms with Gasteiger partial charge in [-0.1, -0.05) is 0 Å². The van der Waals surface area contributed by atoms with Crippen LogP contribution in [-0.4, -0.2) is 21.0 Å². The lowest BCUT2D eigenvalue weighted by molar-refractivity contribution is -0.640. The van der Waals surface area contributed by atoms with Gasteiger partial charge in [0.15, 0.2) is 0 Å². The number of hydrogen-bond donors (Lipinski definition) is 0. The van der Waals surface area contributed by atoms with Gasteiger partial charge in [0.1, 0.15) is 5.52 Å². The first-order valence-corrected chi connectivity index (χ1v) is 6.83. The van der Waals surface area contributed by atoms with Crippen molar-refractivity contribution in [3.8, 4) is 0 Å². The first-order valence-electron chi connectivity index (χ1n) is 4.81. The van der Waals surface area contributed by atoms with Gasteiger partial charge in [-0.05, 0) is 39.2 Å². The van der Waals surface area contributed by atoms with E-state index < -0.39 is 0 Å². The summed E-state index contributed by atoms with van der Waals surface area (Å²) in [6, 6.07) is 5.59. The Balaban J connectivity index is 2.52. The number of hydrogen-bond acceptors (Lipinski definition) is 4. The predicted octanol–water partition coefficient (Wildman–Crippen LogP) is 2.00. The molecular formula is C10H7BrN4OS. The van der Waals surface area contributed by atoms with Crippen LogP contribution in [0.2, 0.25) is 0 Å². The molecule has 3 rings (SSSR count). The van der Waals surface area contributed by atoms with Gasteiger partial charge in [0, 0.05) is 16.1 Å². The Morgan fingerprint density at radius 1 is 1.47 bits per heavy atom. The molecule has 0 atom stereocenters. The van der Waals surface area contributed by atoms with E-state index in [9.17, 15) is 5.21 Å². The average molecular weight is 311 g/mol. The minimum atomic E-state index is 0.505. The average Bonchev–Trinajstić information content (AvgIpc) is 2.71. The number of benzene rings is 1. The van der Waals surface area contributed by atoms with Crippen molar-refractivity contribution in [3.05, 3.63) is 34.1 Å². The van der Waals surface area contributed by atoms with E-state index in [-0.39, 0.29) is 0 Å². The van der Waals surface area contributed by atoms with Gasteiger partial charge in [-0.2, -0.15) is 5.10 Å². The first-order chi connectivity index (χ1) is 8.20. The molecule has 0 spiro atoms. The van der Waals surface area contributed by atoms with Crippen LogP contribution < -0.4 is 4.85 Å². The molecule has 17 heavy (non-hydrogen) atoms. The largest absolute Gasteiger partial charge is 0.594 e. The van der Waals surface area contributed by atoms with E-state index in [2.05, 4.69) is 26.1 Å². The van der Waals surface area contributed by atoms with Gasteiger partial charge in [0.05, 0.1) is 10.7 Å². The monoisotopic (exact) mass is 310 g/mol. The summed E-state index contributed by atoms with van der Waals surface area (Å²) in [7, 11) is 0. The zero-order chi connectivity index (χ0) is 12.0. The number of rotatable bonds is 1. The van der Waals surface area contributed by atoms with Crippen LogP contribution in [0.5, 0.6) is 0 Å². The normalized spacial score (nSPS) is 11.4. The highest BCUT2D eigenvalue weighted by Crippen LogP contribution is 2.22. The summed E-state index contributed by atoms with van der Waals surface area (Å²) in [6.07, 6.45) is 3.62. The quantitative estimate of drug-likeness (QED) is 0.392. The lowest BCUT2D eigenvalue weighted by Gasteiger charge is -2.03. The summed E-state index contributed by atoms with van der Waals surface area (Å²) in [5, 5.41) is 19.9. The molecule has 2 heterocycles. The molecule has 0 N–H and O–H groups in total. The molecule has 2 aromatic heterocycles. The van der Waals surface area contributed by atoms with E-state index >= 15 is 0 Å². The Bertz CT molecular complexity index is 727. The fourth-order valence-electron chi connectivity index (χ4n) is 1.69. The van der Waals surface area contributed by atoms with E-state index in [1.54, 1.807) is 28.5 Å². The molecule has 0 unspecified atom stereocenters. The van der Waals surface area contributed by atoms with Crippen LogP contribution in [0, 0.1) is 5.21 Å². The van der Waals surface area contributed by atoms with Gasteiger partial charge < -0.3 is 5.21 Å². The molecule has 0 saturated carbocycles. The molecule has 0 aliphatic carbocycles. The fraction of sp³-hybridized carbons (Fsp3) is 0.100. The first kappa shape index (κ1) is 10.8. The van der Waals surface area contributed by atoms with Crippen molar-refractivity contribution in [3.63, 3.8) is 0 Å². The van der Waals surface area contributed by atoms with Crippen molar-refractivity contribution in [1.82, 2.24) is 14.7 Å². The Labute approximate surface area is 109 Å². The SMILES string of the molecule is CSc1ccc2c(c1)n1ncc(Br)c1n[n+]2[O-]. The van der Waals surface area contributed by atoms with E-state index in [0.29, 0.717) is 20.5 Å². The molecular weight excluding hydrogens is 304 g/mol. The Morgan fingerprint density at radius 2 is 2.29 bits per heavy atom. The van der Waals surface area contributed by atoms with Gasteiger partial charge in [0.25, 0.3) is 5.52 Å². The van der Waals surface area contributed by atoms with E-state index in [0.717, 1.165) is 10.4 Å². The van der Waals surface area contributed by atoms with E-state index in [1.807, 2.05) is 18.4 Å². The third-order valence-corrected chi connectivity index (χ3v) is 3.79. The molecule has 0 amide bonds. The van der Waals surface area contributed by atoms with Crippen LogP contribution >= 0.6 is 27.7 Å². The highest BCUT2D eigenvalue weighted by atomic mass is 79.9. The molecule has 0 saturated heterocycles. The molecule has 5 nitrogen and oxygen atoms in total. The maximum absolute atomic E-state index is 11.8. The summed E-state index contributed by atoms with van der Waals surface area (Å²) in [5.74, 6) is 0. The summed E-state index contributed by atoms with van der Waals surface area (Å²) >= 11 is 4.94. The molecule has 86 valence electrons. The maximum Gasteiger partial charge on any atom is 0.270 e. The predicted molar refractivity (Wildman–Crippen MR) is 68.9 cm³/mol. The van der Waals surface area contributed by atoms with Crippen molar-refractivity contribution in [1.29, 1.82) is 0 Å². The van der Waals surface area contributed by atoms with Gasteiger partial charge in [0.2, 0.25) is 5.65 Å². The Kier molecular flexibility index (Phi) is 2.44. The minimum Gasteiger partial charge on any atom is -0.594 e. The number of thioether (sulfide) groups is 1. The van der Waals surface area contributed by atoms with Crippen molar-refractivity contribution in [2.45, 2.75) is 4.90 Å². The molecule has 0 radical (unpaired) electrons. The molecule has 1 aromatic carbocycles. The van der Waals surface area contributed by atoms with Crippen LogP contribution in [0.4, 0.5) is 0 Å². The minimum absolute atomic E-state index is 0.505. The Hall–Kier alpha value is -1.34. The molecule has 0 bridgehead atoms. The van der Waals surface area contributed by atoms with Gasteiger partial charge >= 0.3 is 0 Å². The maximum atomic E-state index is 11.8. The second-order valence-electron chi connectivity index (χ2n) is 3.46. The van der Waals surface area contributed by atoms with Crippen molar-refractivity contribution < 1.29 is 4.85 Å². The molecule has 3 aromatic rings. The lowest BCUT2D eigenvalue weighted by atomic mass is 10.3. The number of aromatic nitrogens is 4. The van der Waals surface area contributed by atoms with Gasteiger partial charge in [-0.15, -0.1) is 11.8 Å². The fourth-order valence-corrected chi connectivity index (χ4v) is 2.46. The topological polar surface area (TPSA) is 57.1 Å². The van der Waals surface area contributed by atoms with E-state index in [1.165, 1.54) is 0 Å². The summed E-state index contributed by atoms with van der Waals surface area (Å²) in [4.78, 5) is 1.71. The van der Waals surface area contributed by atoms with Crippen LogP contribution in [0.3, 0.4) is 0 Å². The van der Waals surface area contributed by atoms with Gasteiger partial charge in [-0.25, -0.2) is 4.52 Å². The van der Waals surface area contributed by atoms with Crippen LogP contribution in [0.15, 0.2) is 33.8 Å². The second kappa shape index (κ2) is 3.85. The highest BCUT2D eigenvalue weighted by molar-refractivity contribution is 9.10. The molecule has 7 heteroatoms. The smallest absolute Gasteiger partial charge is 0.270 e. The molecule has 0 aliphatic heterocycles. The zero-order valence-corrected chi connectivity index (χ0v) is 11.2. The molecule has 0 aliphatic rings. The standard InChI is InChI=1S/C10H7BrN4OS/c1-17-6-2-3-8-9(4-6)14-10(13-15(8)16)7(11)5-12-14/h2-5H,1H3. The third-order valence-electron chi connectivity index (χ3n) is 2.50. The molecule has 0 fully saturated rings. The summed E-state index contributed by atoms with van der Waals surface area (Å²) in [5.41, 5.74) is 1.78. The van der Waals surface area contributed by atoms with Gasteiger partial charge in [-0.3, -0.25) is 0 Å². The van der Waals surface area contributed by atoms with Crippen LogP contribution in [-0.2, 0) is 0 Å². The number of fused-ring (bicyclic) bond motifs is 3. The zero-order valence-electron chi connectivity index (χ0n) is 8.79. The van der Waals surface area contributed by atoms with Crippen LogP contribution in [0.25, 0.3) is 16.7 Å². The van der Waals surface area contributed by atoms with Crippen molar-refractivity contribution >= 4 is 44.4 Å². The summed E-state index contributed by atoms with van der Waals surface area (Å²) < 4.78 is 2.37. The van der Waals surface area contributed by atoms with Crippen molar-refractivity contribution in [2.75, 3.05) is 6.26 Å². The number of halogens is 1.